The number of esters is 1. The number of fused-ring (bicyclic) bond motifs is 2. The Bertz CT molecular complexity index is 912. The van der Waals surface area contributed by atoms with Crippen LogP contribution in [-0.4, -0.2) is 69.8 Å². The number of benzene rings is 1. The summed E-state index contributed by atoms with van der Waals surface area (Å²) in [5, 5.41) is 2.62. The molecule has 10 heteroatoms. The van der Waals surface area contributed by atoms with E-state index in [4.69, 9.17) is 8.92 Å². The molecule has 0 aliphatic carbocycles. The number of carbonyl (C=O) groups excluding carboxylic acids is 2. The number of piperidine rings is 1. The number of carbonyl (C=O) groups is 2. The Labute approximate surface area is 222 Å². The molecule has 2 fully saturated rings. The second-order valence-electron chi connectivity index (χ2n) is 9.29. The van der Waals surface area contributed by atoms with E-state index >= 15 is 0 Å². The Balaban J connectivity index is 0.000000324. The lowest BCUT2D eigenvalue weighted by atomic mass is 9.88. The fourth-order valence-electron chi connectivity index (χ4n) is 4.93. The monoisotopic (exact) mass is 542 g/mol. The highest BCUT2D eigenvalue weighted by Crippen LogP contribution is 2.41. The lowest BCUT2D eigenvalue weighted by Crippen LogP contribution is -2.53. The van der Waals surface area contributed by atoms with Gasteiger partial charge in [0.05, 0.1) is 23.5 Å². The number of thiol groups is 1. The minimum absolute atomic E-state index is 0.0289. The van der Waals surface area contributed by atoms with E-state index in [-0.39, 0.29) is 35.5 Å². The minimum Gasteiger partial charge on any atom is -0.466 e. The van der Waals surface area contributed by atoms with Crippen molar-refractivity contribution in [1.29, 1.82) is 0 Å². The number of rotatable bonds is 12. The van der Waals surface area contributed by atoms with Crippen LogP contribution in [-0.2, 0) is 28.6 Å². The van der Waals surface area contributed by atoms with Gasteiger partial charge in [-0.3, -0.25) is 18.7 Å². The summed E-state index contributed by atoms with van der Waals surface area (Å²) in [6.45, 7) is 2.02. The van der Waals surface area contributed by atoms with Gasteiger partial charge < -0.3 is 10.1 Å². The molecular weight excluding hydrogens is 500 g/mol. The molecule has 0 radical (unpaired) electrons. The zero-order valence-electron chi connectivity index (χ0n) is 21.7. The van der Waals surface area contributed by atoms with Crippen LogP contribution in [0.4, 0.5) is 0 Å². The normalized spacial score (nSPS) is 23.4. The van der Waals surface area contributed by atoms with Crippen molar-refractivity contribution in [2.75, 3.05) is 26.5 Å². The molecule has 0 aromatic heterocycles. The Morgan fingerprint density at radius 3 is 2.39 bits per heavy atom. The molecular formula is C26H42N2O6S2. The molecule has 2 saturated heterocycles. The highest BCUT2D eigenvalue weighted by atomic mass is 32.2. The SMILES string of the molecule is CCOC(=O)C1C(OS(=O)(=O)c2ccccc2)CC2CCC1N2C.CNC(=O)CCCCCCCS. The van der Waals surface area contributed by atoms with Crippen molar-refractivity contribution in [1.82, 2.24) is 10.2 Å². The van der Waals surface area contributed by atoms with Gasteiger partial charge in [-0.05, 0) is 64.0 Å². The zero-order valence-corrected chi connectivity index (χ0v) is 23.4. The van der Waals surface area contributed by atoms with Gasteiger partial charge >= 0.3 is 5.97 Å². The summed E-state index contributed by atoms with van der Waals surface area (Å²) in [5.41, 5.74) is 0. The van der Waals surface area contributed by atoms with E-state index in [9.17, 15) is 18.0 Å². The second-order valence-corrected chi connectivity index (χ2v) is 11.3. The van der Waals surface area contributed by atoms with Gasteiger partial charge in [-0.15, -0.1) is 0 Å². The third kappa shape index (κ3) is 9.04. The molecule has 1 aromatic rings. The van der Waals surface area contributed by atoms with E-state index in [0.29, 0.717) is 12.8 Å². The maximum Gasteiger partial charge on any atom is 0.313 e. The standard InChI is InChI=1S/C17H23NO5S.C9H19NOS/c1-3-22-17(19)16-14-10-9-12(18(14)2)11-15(16)23-24(20,21)13-7-5-4-6-8-13;1-10-9(11)7-5-3-2-4-6-8-12/h4-8,12,14-16H,3,9-11H2,1-2H3;12H,2-8H2,1H3,(H,10,11). The molecule has 1 N–H and O–H groups in total. The lowest BCUT2D eigenvalue weighted by molar-refractivity contribution is -0.157. The van der Waals surface area contributed by atoms with Crippen LogP contribution in [0.15, 0.2) is 35.2 Å². The van der Waals surface area contributed by atoms with Gasteiger partial charge in [0.15, 0.2) is 0 Å². The highest BCUT2D eigenvalue weighted by Gasteiger charge is 2.51. The average Bonchev–Trinajstić information content (AvgIpc) is 3.10. The van der Waals surface area contributed by atoms with Crippen molar-refractivity contribution in [3.05, 3.63) is 30.3 Å². The zero-order chi connectivity index (χ0) is 26.6. The van der Waals surface area contributed by atoms with Crippen LogP contribution in [0.1, 0.15) is 64.7 Å². The maximum atomic E-state index is 12.6. The second kappa shape index (κ2) is 15.6. The van der Waals surface area contributed by atoms with Gasteiger partial charge in [-0.1, -0.05) is 37.5 Å². The first-order chi connectivity index (χ1) is 17.2. The topological polar surface area (TPSA) is 102 Å². The molecule has 4 atom stereocenters. The maximum absolute atomic E-state index is 12.6. The molecule has 204 valence electrons. The number of hydrogen-bond acceptors (Lipinski definition) is 8. The van der Waals surface area contributed by atoms with Gasteiger partial charge in [0, 0.05) is 25.6 Å². The van der Waals surface area contributed by atoms with Gasteiger partial charge in [0.25, 0.3) is 10.1 Å². The fraction of sp³-hybridized carbons (Fsp3) is 0.692. The van der Waals surface area contributed by atoms with E-state index in [1.165, 1.54) is 37.8 Å². The number of unbranched alkanes of at least 4 members (excludes halogenated alkanes) is 4. The van der Waals surface area contributed by atoms with Crippen LogP contribution in [0.2, 0.25) is 0 Å². The minimum atomic E-state index is -3.90. The molecule has 1 amide bonds. The summed E-state index contributed by atoms with van der Waals surface area (Å²) >= 11 is 4.13. The van der Waals surface area contributed by atoms with Crippen LogP contribution in [0.5, 0.6) is 0 Å². The smallest absolute Gasteiger partial charge is 0.313 e. The third-order valence-corrected chi connectivity index (χ3v) is 8.56. The van der Waals surface area contributed by atoms with Gasteiger partial charge in [-0.2, -0.15) is 21.0 Å². The molecule has 2 aliphatic rings. The van der Waals surface area contributed by atoms with Gasteiger partial charge in [-0.25, -0.2) is 0 Å². The van der Waals surface area contributed by atoms with E-state index in [2.05, 4.69) is 22.8 Å². The molecule has 36 heavy (non-hydrogen) atoms. The van der Waals surface area contributed by atoms with Crippen molar-refractivity contribution >= 4 is 34.6 Å². The van der Waals surface area contributed by atoms with Crippen molar-refractivity contribution < 1.29 is 26.9 Å². The summed E-state index contributed by atoms with van der Waals surface area (Å²) in [6, 6.07) is 8.26. The molecule has 2 aliphatic heterocycles. The predicted octanol–water partition coefficient (Wildman–Crippen LogP) is 3.81. The van der Waals surface area contributed by atoms with Crippen LogP contribution in [0.3, 0.4) is 0 Å². The number of nitrogens with zero attached hydrogens (tertiary/aromatic N) is 1. The summed E-state index contributed by atoms with van der Waals surface area (Å²) in [6.07, 6.45) is 8.19. The van der Waals surface area contributed by atoms with Crippen molar-refractivity contribution in [2.45, 2.75) is 87.8 Å². The highest BCUT2D eigenvalue weighted by molar-refractivity contribution is 7.86. The van der Waals surface area contributed by atoms with Crippen molar-refractivity contribution in [3.8, 4) is 0 Å². The number of ether oxygens (including phenoxy) is 1. The van der Waals surface area contributed by atoms with Crippen LogP contribution >= 0.6 is 12.6 Å². The quantitative estimate of drug-likeness (QED) is 0.179. The van der Waals surface area contributed by atoms with E-state index in [1.54, 1.807) is 32.2 Å². The first-order valence-electron chi connectivity index (χ1n) is 12.9. The third-order valence-electron chi connectivity index (χ3n) is 6.90. The molecule has 0 saturated carbocycles. The number of amides is 1. The lowest BCUT2D eigenvalue weighted by Gasteiger charge is -2.40. The number of nitrogens with one attached hydrogen (secondary N) is 1. The van der Waals surface area contributed by atoms with Crippen molar-refractivity contribution in [2.24, 2.45) is 5.92 Å². The molecule has 8 nitrogen and oxygen atoms in total. The number of hydrogen-bond donors (Lipinski definition) is 2. The Morgan fingerprint density at radius 1 is 1.08 bits per heavy atom. The Hall–Kier alpha value is -1.62. The Morgan fingerprint density at radius 2 is 1.75 bits per heavy atom. The van der Waals surface area contributed by atoms with Gasteiger partial charge in [0.2, 0.25) is 5.91 Å². The molecule has 2 heterocycles. The average molecular weight is 543 g/mol. The fourth-order valence-corrected chi connectivity index (χ4v) is 6.27. The van der Waals surface area contributed by atoms with Crippen LogP contribution < -0.4 is 5.32 Å². The molecule has 1 aromatic carbocycles. The summed E-state index contributed by atoms with van der Waals surface area (Å²) < 4.78 is 35.8. The van der Waals surface area contributed by atoms with Crippen LogP contribution in [0, 0.1) is 5.92 Å². The van der Waals surface area contributed by atoms with E-state index < -0.39 is 22.1 Å². The summed E-state index contributed by atoms with van der Waals surface area (Å²) in [4.78, 5) is 25.5. The first kappa shape index (κ1) is 30.6. The van der Waals surface area contributed by atoms with Crippen molar-refractivity contribution in [3.63, 3.8) is 0 Å². The van der Waals surface area contributed by atoms with E-state index in [1.807, 2.05) is 7.05 Å². The van der Waals surface area contributed by atoms with Crippen LogP contribution in [0.25, 0.3) is 0 Å². The van der Waals surface area contributed by atoms with Gasteiger partial charge in [0.1, 0.15) is 0 Å². The molecule has 4 unspecified atom stereocenters. The summed E-state index contributed by atoms with van der Waals surface area (Å²) in [5.74, 6) is 0.189. The first-order valence-corrected chi connectivity index (χ1v) is 15.0. The predicted molar refractivity (Wildman–Crippen MR) is 143 cm³/mol. The molecule has 2 bridgehead atoms. The van der Waals surface area contributed by atoms with E-state index in [0.717, 1.165) is 25.0 Å². The molecule has 0 spiro atoms. The Kier molecular flexibility index (Phi) is 13.3. The summed E-state index contributed by atoms with van der Waals surface area (Å²) in [7, 11) is -0.238. The largest absolute Gasteiger partial charge is 0.466 e. The molecule has 3 rings (SSSR count).